The van der Waals surface area contributed by atoms with Crippen molar-refractivity contribution in [2.24, 2.45) is 0 Å². The van der Waals surface area contributed by atoms with E-state index in [2.05, 4.69) is 40.2 Å². The second kappa shape index (κ2) is 13.7. The van der Waals surface area contributed by atoms with Gasteiger partial charge in [0.15, 0.2) is 11.5 Å². The molecule has 2 aromatic heterocycles. The molecule has 0 amide bonds. The summed E-state index contributed by atoms with van der Waals surface area (Å²) in [5, 5.41) is 2.19. The number of benzene rings is 1. The largest absolute Gasteiger partial charge is 0.491 e. The monoisotopic (exact) mass is 550 g/mol. The number of nitrogens with zero attached hydrogens (tertiary/aromatic N) is 7. The average molecular weight is 551 g/mol. The van der Waals surface area contributed by atoms with Gasteiger partial charge in [-0.1, -0.05) is 0 Å². The average Bonchev–Trinajstić information content (AvgIpc) is 2.99. The van der Waals surface area contributed by atoms with Crippen molar-refractivity contribution in [1.29, 1.82) is 0 Å². The number of hydrogen-bond donors (Lipinski definition) is 1. The number of anilines is 2. The first kappa shape index (κ1) is 28.0. The number of aromatic nitrogens is 4. The van der Waals surface area contributed by atoms with E-state index in [0.717, 1.165) is 69.9 Å². The minimum atomic E-state index is -0.429. The highest BCUT2D eigenvalue weighted by Gasteiger charge is 2.34. The molecule has 11 heteroatoms. The Kier molecular flexibility index (Phi) is 9.56. The van der Waals surface area contributed by atoms with Crippen molar-refractivity contribution in [3.05, 3.63) is 60.4 Å². The van der Waals surface area contributed by atoms with Gasteiger partial charge in [0.1, 0.15) is 0 Å². The smallest absolute Gasteiger partial charge is 0.237 e. The van der Waals surface area contributed by atoms with Crippen LogP contribution in [-0.4, -0.2) is 81.3 Å². The number of piperidine rings is 2. The van der Waals surface area contributed by atoms with Crippen LogP contribution in [0, 0.1) is 5.82 Å². The van der Waals surface area contributed by atoms with E-state index in [1.807, 2.05) is 38.4 Å². The van der Waals surface area contributed by atoms with Crippen LogP contribution >= 0.6 is 0 Å². The third-order valence-corrected chi connectivity index (χ3v) is 7.49. The minimum Gasteiger partial charge on any atom is -0.491 e. The minimum absolute atomic E-state index is 0.255. The summed E-state index contributed by atoms with van der Waals surface area (Å²) < 4.78 is 25.8. The van der Waals surface area contributed by atoms with Gasteiger partial charge < -0.3 is 14.4 Å². The normalized spacial score (nSPS) is 17.5. The third kappa shape index (κ3) is 6.95. The highest BCUT2D eigenvalue weighted by atomic mass is 19.1. The number of halogens is 1. The van der Waals surface area contributed by atoms with E-state index >= 15 is 0 Å². The molecule has 1 N–H and O–H groups in total. The predicted molar refractivity (Wildman–Crippen MR) is 152 cm³/mol. The van der Waals surface area contributed by atoms with E-state index in [-0.39, 0.29) is 11.5 Å². The van der Waals surface area contributed by atoms with Crippen molar-refractivity contribution in [2.75, 3.05) is 49.7 Å². The number of likely N-dealkylation sites (tertiary alicyclic amines) is 1. The molecule has 3 aromatic rings. The van der Waals surface area contributed by atoms with Gasteiger partial charge in [-0.15, -0.1) is 0 Å². The van der Waals surface area contributed by atoms with Gasteiger partial charge in [-0.05, 0) is 69.4 Å². The Labute approximate surface area is 235 Å². The Morgan fingerprint density at radius 2 is 1.35 bits per heavy atom. The molecule has 4 heterocycles. The molecule has 214 valence electrons. The molecule has 1 aromatic carbocycles. The van der Waals surface area contributed by atoms with Crippen LogP contribution in [0.15, 0.2) is 49.1 Å². The molecule has 0 radical (unpaired) electrons. The van der Waals surface area contributed by atoms with Crippen molar-refractivity contribution in [3.8, 4) is 11.5 Å². The SMILES string of the molecule is CCOc1cc(CN2CCC(N(c3ncccn3)C3CCN(Nc4ncccn4)CC3)CC2)cc(OCC)c1F. The molecule has 0 atom stereocenters. The van der Waals surface area contributed by atoms with Crippen molar-refractivity contribution < 1.29 is 13.9 Å². The number of ether oxygens (including phenoxy) is 2. The van der Waals surface area contributed by atoms with Crippen molar-refractivity contribution >= 4 is 11.9 Å². The van der Waals surface area contributed by atoms with Gasteiger partial charge >= 0.3 is 0 Å². The number of nitrogens with one attached hydrogen (secondary N) is 1. The van der Waals surface area contributed by atoms with Gasteiger partial charge in [0.2, 0.25) is 17.7 Å². The van der Waals surface area contributed by atoms with Crippen molar-refractivity contribution in [2.45, 2.75) is 58.2 Å². The molecular formula is C29H39FN8O2. The fourth-order valence-electron chi connectivity index (χ4n) is 5.66. The lowest BCUT2D eigenvalue weighted by molar-refractivity contribution is 0.182. The quantitative estimate of drug-likeness (QED) is 0.375. The summed E-state index contributed by atoms with van der Waals surface area (Å²) in [7, 11) is 0. The van der Waals surface area contributed by atoms with Gasteiger partial charge in [0, 0.05) is 69.6 Å². The summed E-state index contributed by atoms with van der Waals surface area (Å²) in [5.74, 6) is 1.51. The lowest BCUT2D eigenvalue weighted by atomic mass is 9.97. The maximum atomic E-state index is 14.7. The van der Waals surface area contributed by atoms with Gasteiger partial charge in [-0.2, -0.15) is 4.39 Å². The second-order valence-corrected chi connectivity index (χ2v) is 10.1. The fourth-order valence-corrected chi connectivity index (χ4v) is 5.66. The summed E-state index contributed by atoms with van der Waals surface area (Å²) >= 11 is 0. The zero-order chi connectivity index (χ0) is 27.7. The summed E-state index contributed by atoms with van der Waals surface area (Å²) in [6.07, 6.45) is 11.1. The predicted octanol–water partition coefficient (Wildman–Crippen LogP) is 4.17. The van der Waals surface area contributed by atoms with Gasteiger partial charge in [0.25, 0.3) is 0 Å². The van der Waals surface area contributed by atoms with Crippen LogP contribution in [0.4, 0.5) is 16.3 Å². The highest BCUT2D eigenvalue weighted by molar-refractivity contribution is 5.41. The molecule has 2 fully saturated rings. The first-order chi connectivity index (χ1) is 19.6. The Bertz CT molecular complexity index is 1160. The fraction of sp³-hybridized carbons (Fsp3) is 0.517. The molecular weight excluding hydrogens is 511 g/mol. The van der Waals surface area contributed by atoms with Crippen molar-refractivity contribution in [3.63, 3.8) is 0 Å². The Morgan fingerprint density at radius 1 is 0.825 bits per heavy atom. The molecule has 5 rings (SSSR count). The molecule has 0 bridgehead atoms. The van der Waals surface area contributed by atoms with Gasteiger partial charge in [-0.25, -0.2) is 24.9 Å². The van der Waals surface area contributed by atoms with Gasteiger partial charge in [0.05, 0.1) is 13.2 Å². The molecule has 0 spiro atoms. The highest BCUT2D eigenvalue weighted by Crippen LogP contribution is 2.32. The van der Waals surface area contributed by atoms with E-state index in [1.54, 1.807) is 24.5 Å². The lowest BCUT2D eigenvalue weighted by Gasteiger charge is -2.45. The van der Waals surface area contributed by atoms with Crippen LogP contribution in [0.3, 0.4) is 0 Å². The van der Waals surface area contributed by atoms with E-state index in [1.165, 1.54) is 0 Å². The van der Waals surface area contributed by atoms with Crippen LogP contribution in [0.2, 0.25) is 0 Å². The van der Waals surface area contributed by atoms with E-state index < -0.39 is 5.82 Å². The summed E-state index contributed by atoms with van der Waals surface area (Å²) in [6.45, 7) is 8.90. The number of hydrazine groups is 1. The standard InChI is InChI=1S/C29H39FN8O2/c1-3-39-25-19-22(20-26(27(25)30)40-4-2)21-36-15-7-23(8-16-36)38(29-33-13-6-14-34-29)24-9-17-37(18-10-24)35-28-31-11-5-12-32-28/h5-6,11-14,19-20,23-24H,3-4,7-10,15-18,21H2,1-2H3,(H,31,32,35). The molecule has 2 aliphatic heterocycles. The summed E-state index contributed by atoms with van der Waals surface area (Å²) in [6, 6.07) is 8.00. The van der Waals surface area contributed by atoms with Crippen LogP contribution in [-0.2, 0) is 6.54 Å². The molecule has 40 heavy (non-hydrogen) atoms. The topological polar surface area (TPSA) is 91.8 Å². The maximum Gasteiger partial charge on any atom is 0.237 e. The first-order valence-corrected chi connectivity index (χ1v) is 14.3. The molecule has 2 saturated heterocycles. The molecule has 2 aliphatic rings. The van der Waals surface area contributed by atoms with Crippen molar-refractivity contribution in [1.82, 2.24) is 29.8 Å². The second-order valence-electron chi connectivity index (χ2n) is 10.1. The van der Waals surface area contributed by atoms with Crippen LogP contribution in [0.25, 0.3) is 0 Å². The molecule has 0 aliphatic carbocycles. The molecule has 0 saturated carbocycles. The molecule has 0 unspecified atom stereocenters. The summed E-state index contributed by atoms with van der Waals surface area (Å²) in [5.41, 5.74) is 4.33. The zero-order valence-electron chi connectivity index (χ0n) is 23.4. The number of hydrogen-bond acceptors (Lipinski definition) is 10. The van der Waals surface area contributed by atoms with E-state index in [9.17, 15) is 4.39 Å². The van der Waals surface area contributed by atoms with Crippen LogP contribution in [0.5, 0.6) is 11.5 Å². The Hall–Kier alpha value is -3.57. The summed E-state index contributed by atoms with van der Waals surface area (Å²) in [4.78, 5) is 22.8. The van der Waals surface area contributed by atoms with Gasteiger partial charge in [-0.3, -0.25) is 10.3 Å². The molecule has 10 nitrogen and oxygen atoms in total. The third-order valence-electron chi connectivity index (χ3n) is 7.49. The van der Waals surface area contributed by atoms with E-state index in [0.29, 0.717) is 31.2 Å². The van der Waals surface area contributed by atoms with Crippen LogP contribution in [0.1, 0.15) is 45.1 Å². The first-order valence-electron chi connectivity index (χ1n) is 14.3. The van der Waals surface area contributed by atoms with E-state index in [4.69, 9.17) is 9.47 Å². The Morgan fingerprint density at radius 3 is 1.90 bits per heavy atom. The lowest BCUT2D eigenvalue weighted by Crippen LogP contribution is -2.53. The Balaban J connectivity index is 1.22. The number of rotatable bonds is 11. The zero-order valence-corrected chi connectivity index (χ0v) is 23.4. The maximum absolute atomic E-state index is 14.7. The van der Waals surface area contributed by atoms with Crippen LogP contribution < -0.4 is 19.8 Å².